The highest BCUT2D eigenvalue weighted by Crippen LogP contribution is 2.40. The van der Waals surface area contributed by atoms with Gasteiger partial charge in [0.2, 0.25) is 0 Å². The van der Waals surface area contributed by atoms with E-state index in [-0.39, 0.29) is 13.0 Å². The molecule has 0 aliphatic carbocycles. The molecule has 0 unspecified atom stereocenters. The smallest absolute Gasteiger partial charge is 0.378 e. The summed E-state index contributed by atoms with van der Waals surface area (Å²) in [6.45, 7) is 1.13. The van der Waals surface area contributed by atoms with Crippen molar-refractivity contribution < 1.29 is 48.6 Å². The predicted octanol–water partition coefficient (Wildman–Crippen LogP) is 5.74. The second-order valence-corrected chi connectivity index (χ2v) is 5.20. The molecule has 0 spiro atoms. The Morgan fingerprint density at radius 1 is 0.696 bits per heavy atom. The highest BCUT2D eigenvalue weighted by atomic mass is 19.4. The van der Waals surface area contributed by atoms with Crippen LogP contribution in [0.15, 0.2) is 0 Å². The Kier molecular flexibility index (Phi) is 7.63. The van der Waals surface area contributed by atoms with Crippen LogP contribution in [-0.2, 0) is 4.74 Å². The summed E-state index contributed by atoms with van der Waals surface area (Å²) in [5.74, 6) is -8.82. The third-order valence-corrected chi connectivity index (χ3v) is 2.53. The molecular formula is C12H16F10O. The predicted molar refractivity (Wildman–Crippen MR) is 60.5 cm³/mol. The number of ether oxygens (including phenoxy) is 1. The Labute approximate surface area is 126 Å². The topological polar surface area (TPSA) is 9.23 Å². The van der Waals surface area contributed by atoms with E-state index in [1.54, 1.807) is 0 Å². The minimum atomic E-state index is -5.24. The molecule has 1 nitrogen and oxygen atoms in total. The molecule has 0 N–H and O–H groups in total. The van der Waals surface area contributed by atoms with Crippen LogP contribution >= 0.6 is 0 Å². The number of rotatable bonds is 9. The summed E-state index contributed by atoms with van der Waals surface area (Å²) >= 11 is 0. The molecule has 0 saturated heterocycles. The first-order valence-corrected chi connectivity index (χ1v) is 6.56. The highest BCUT2D eigenvalue weighted by Gasteiger charge is 2.49. The summed E-state index contributed by atoms with van der Waals surface area (Å²) in [5.41, 5.74) is 0. The van der Waals surface area contributed by atoms with Crippen LogP contribution in [0.1, 0.15) is 39.0 Å². The van der Waals surface area contributed by atoms with Crippen molar-refractivity contribution in [3.05, 3.63) is 0 Å². The molecule has 0 saturated carbocycles. The van der Waals surface area contributed by atoms with Gasteiger partial charge in [0, 0.05) is 19.4 Å². The molecule has 23 heavy (non-hydrogen) atoms. The second kappa shape index (κ2) is 7.89. The van der Waals surface area contributed by atoms with Gasteiger partial charge in [0.15, 0.2) is 0 Å². The van der Waals surface area contributed by atoms with Crippen molar-refractivity contribution in [1.29, 1.82) is 0 Å². The van der Waals surface area contributed by atoms with Gasteiger partial charge >= 0.3 is 12.4 Å². The highest BCUT2D eigenvalue weighted by molar-refractivity contribution is 4.81. The molecule has 0 rings (SSSR count). The van der Waals surface area contributed by atoms with Crippen LogP contribution in [0.3, 0.4) is 0 Å². The zero-order valence-electron chi connectivity index (χ0n) is 12.0. The standard InChI is InChI=1S/C12H16F10O/c1-2-3-23-8(4-9(13,14)6-11(17,18)19)5-10(15,16)7-12(20,21)22/h8H,2-7H2,1H3. The molecule has 0 bridgehead atoms. The van der Waals surface area contributed by atoms with Gasteiger partial charge in [-0.05, 0) is 6.42 Å². The van der Waals surface area contributed by atoms with Gasteiger partial charge in [0.05, 0.1) is 6.10 Å². The molecule has 0 amide bonds. The Morgan fingerprint density at radius 3 is 1.30 bits per heavy atom. The van der Waals surface area contributed by atoms with Gasteiger partial charge in [0.25, 0.3) is 11.8 Å². The lowest BCUT2D eigenvalue weighted by Crippen LogP contribution is -2.36. The SMILES string of the molecule is CCCOC(CC(F)(F)CC(F)(F)F)CC(F)(F)CC(F)(F)F. The second-order valence-electron chi connectivity index (χ2n) is 5.20. The maximum Gasteiger partial charge on any atom is 0.394 e. The summed E-state index contributed by atoms with van der Waals surface area (Å²) in [6, 6.07) is 0. The van der Waals surface area contributed by atoms with Crippen LogP contribution in [0.4, 0.5) is 43.9 Å². The van der Waals surface area contributed by atoms with E-state index in [1.165, 1.54) is 6.92 Å². The minimum absolute atomic E-state index is 0.173. The fraction of sp³-hybridized carbons (Fsp3) is 1.00. The minimum Gasteiger partial charge on any atom is -0.378 e. The first-order valence-electron chi connectivity index (χ1n) is 6.56. The lowest BCUT2D eigenvalue weighted by Gasteiger charge is -2.28. The fourth-order valence-electron chi connectivity index (χ4n) is 1.87. The summed E-state index contributed by atoms with van der Waals surface area (Å²) in [7, 11) is 0. The van der Waals surface area contributed by atoms with E-state index in [4.69, 9.17) is 0 Å². The number of halogens is 10. The normalized spacial score (nSPS) is 14.6. The zero-order valence-corrected chi connectivity index (χ0v) is 12.0. The van der Waals surface area contributed by atoms with Gasteiger partial charge in [-0.2, -0.15) is 26.3 Å². The van der Waals surface area contributed by atoms with Crippen LogP contribution in [-0.4, -0.2) is 36.9 Å². The molecule has 0 fully saturated rings. The fourth-order valence-corrected chi connectivity index (χ4v) is 1.87. The maximum atomic E-state index is 13.2. The van der Waals surface area contributed by atoms with E-state index in [2.05, 4.69) is 4.74 Å². The lowest BCUT2D eigenvalue weighted by atomic mass is 10.00. The molecule has 140 valence electrons. The molecule has 0 radical (unpaired) electrons. The van der Waals surface area contributed by atoms with Gasteiger partial charge in [-0.1, -0.05) is 6.92 Å². The Hall–Kier alpha value is -0.740. The van der Waals surface area contributed by atoms with Gasteiger partial charge in [0.1, 0.15) is 12.8 Å². The van der Waals surface area contributed by atoms with E-state index in [1.807, 2.05) is 0 Å². The van der Waals surface area contributed by atoms with Crippen LogP contribution in [0.5, 0.6) is 0 Å². The average Bonchev–Trinajstić information content (AvgIpc) is 2.17. The summed E-state index contributed by atoms with van der Waals surface area (Å²) < 4.78 is 130. The van der Waals surface area contributed by atoms with E-state index in [0.717, 1.165) is 0 Å². The van der Waals surface area contributed by atoms with E-state index in [0.29, 0.717) is 0 Å². The molecular weight excluding hydrogens is 350 g/mol. The van der Waals surface area contributed by atoms with Gasteiger partial charge in [-0.25, -0.2) is 17.6 Å². The molecule has 0 aromatic heterocycles. The van der Waals surface area contributed by atoms with Crippen LogP contribution < -0.4 is 0 Å². The molecule has 0 heterocycles. The quantitative estimate of drug-likeness (QED) is 0.473. The van der Waals surface area contributed by atoms with Crippen LogP contribution in [0.25, 0.3) is 0 Å². The molecule has 0 aromatic carbocycles. The Bertz CT molecular complexity index is 317. The summed E-state index contributed by atoms with van der Waals surface area (Å²) in [5, 5.41) is 0. The molecule has 0 aromatic rings. The maximum absolute atomic E-state index is 13.2. The third-order valence-electron chi connectivity index (χ3n) is 2.53. The van der Waals surface area contributed by atoms with E-state index < -0.39 is 56.0 Å². The molecule has 0 atom stereocenters. The van der Waals surface area contributed by atoms with Crippen molar-refractivity contribution >= 4 is 0 Å². The first kappa shape index (κ1) is 22.3. The van der Waals surface area contributed by atoms with Crippen molar-refractivity contribution in [3.63, 3.8) is 0 Å². The summed E-state index contributed by atoms with van der Waals surface area (Å²) in [4.78, 5) is 0. The molecule has 0 aliphatic rings. The largest absolute Gasteiger partial charge is 0.394 e. The molecule has 0 aliphatic heterocycles. The number of hydrogen-bond acceptors (Lipinski definition) is 1. The number of hydrogen-bond donors (Lipinski definition) is 0. The van der Waals surface area contributed by atoms with Crippen molar-refractivity contribution in [2.24, 2.45) is 0 Å². The monoisotopic (exact) mass is 366 g/mol. The number of alkyl halides is 10. The third kappa shape index (κ3) is 12.4. The van der Waals surface area contributed by atoms with Crippen molar-refractivity contribution in [2.45, 2.75) is 69.3 Å². The van der Waals surface area contributed by atoms with Gasteiger partial charge < -0.3 is 4.74 Å². The Balaban J connectivity index is 4.94. The van der Waals surface area contributed by atoms with Crippen LogP contribution in [0.2, 0.25) is 0 Å². The van der Waals surface area contributed by atoms with Gasteiger partial charge in [-0.15, -0.1) is 0 Å². The average molecular weight is 366 g/mol. The Morgan fingerprint density at radius 2 is 1.04 bits per heavy atom. The van der Waals surface area contributed by atoms with Crippen molar-refractivity contribution in [3.8, 4) is 0 Å². The zero-order chi connectivity index (χ0) is 18.5. The van der Waals surface area contributed by atoms with E-state index >= 15 is 0 Å². The van der Waals surface area contributed by atoms with E-state index in [9.17, 15) is 43.9 Å². The van der Waals surface area contributed by atoms with Crippen LogP contribution in [0, 0.1) is 0 Å². The van der Waals surface area contributed by atoms with Gasteiger partial charge in [-0.3, -0.25) is 0 Å². The molecule has 11 heteroatoms. The van der Waals surface area contributed by atoms with Crippen molar-refractivity contribution in [2.75, 3.05) is 6.61 Å². The first-order chi connectivity index (χ1) is 10.1. The lowest BCUT2D eigenvalue weighted by molar-refractivity contribution is -0.209. The van der Waals surface area contributed by atoms with Crippen molar-refractivity contribution in [1.82, 2.24) is 0 Å². The summed E-state index contributed by atoms with van der Waals surface area (Å²) in [6.07, 6.45) is -21.0.